The van der Waals surface area contributed by atoms with Crippen LogP contribution in [0.1, 0.15) is 6.42 Å². The second-order valence-corrected chi connectivity index (χ2v) is 5.25. The van der Waals surface area contributed by atoms with Crippen LogP contribution in [0.2, 0.25) is 0 Å². The maximum atomic E-state index is 10.1. The number of piperidine rings is 1. The highest BCUT2D eigenvalue weighted by Gasteiger charge is 2.27. The van der Waals surface area contributed by atoms with E-state index in [9.17, 15) is 5.11 Å². The van der Waals surface area contributed by atoms with Crippen molar-refractivity contribution in [3.8, 4) is 5.75 Å². The van der Waals surface area contributed by atoms with Gasteiger partial charge in [-0.05, 0) is 24.9 Å². The summed E-state index contributed by atoms with van der Waals surface area (Å²) >= 11 is 0. The van der Waals surface area contributed by atoms with Crippen LogP contribution in [0, 0.1) is 0 Å². The molecule has 0 bridgehead atoms. The molecule has 0 aliphatic carbocycles. The molecule has 1 N–H and O–H groups in total. The second kappa shape index (κ2) is 5.19. The van der Waals surface area contributed by atoms with Gasteiger partial charge in [0.2, 0.25) is 0 Å². The molecule has 1 aliphatic heterocycles. The summed E-state index contributed by atoms with van der Waals surface area (Å²) in [6.45, 7) is 1.64. The summed E-state index contributed by atoms with van der Waals surface area (Å²) in [7, 11) is 2.03. The molecule has 0 saturated carbocycles. The van der Waals surface area contributed by atoms with Gasteiger partial charge >= 0.3 is 0 Å². The molecule has 1 aliphatic rings. The molecule has 2 unspecified atom stereocenters. The highest BCUT2D eigenvalue weighted by molar-refractivity contribution is 5.88. The molecular weight excluding hydrogens is 238 g/mol. The van der Waals surface area contributed by atoms with E-state index in [1.165, 1.54) is 5.39 Å². The average Bonchev–Trinajstić information content (AvgIpc) is 2.42. The molecule has 1 saturated heterocycles. The Bertz CT molecular complexity index is 564. The van der Waals surface area contributed by atoms with Crippen LogP contribution in [0.5, 0.6) is 5.75 Å². The predicted molar refractivity (Wildman–Crippen MR) is 76.5 cm³/mol. The molecule has 0 amide bonds. The SMILES string of the molecule is CN1CCC(Oc2cccc3ccccc23)C(O)C1. The van der Waals surface area contributed by atoms with Crippen molar-refractivity contribution >= 4 is 10.8 Å². The summed E-state index contributed by atoms with van der Waals surface area (Å²) in [5.41, 5.74) is 0. The fourth-order valence-corrected chi connectivity index (χ4v) is 2.67. The van der Waals surface area contributed by atoms with Crippen molar-refractivity contribution in [3.63, 3.8) is 0 Å². The largest absolute Gasteiger partial charge is 0.487 e. The van der Waals surface area contributed by atoms with E-state index in [1.54, 1.807) is 0 Å². The van der Waals surface area contributed by atoms with E-state index in [4.69, 9.17) is 4.74 Å². The molecule has 1 heterocycles. The maximum Gasteiger partial charge on any atom is 0.127 e. The first-order chi connectivity index (χ1) is 9.24. The van der Waals surface area contributed by atoms with Gasteiger partial charge in [-0.2, -0.15) is 0 Å². The van der Waals surface area contributed by atoms with Crippen molar-refractivity contribution in [1.82, 2.24) is 4.90 Å². The number of nitrogens with zero attached hydrogens (tertiary/aromatic N) is 1. The Labute approximate surface area is 113 Å². The quantitative estimate of drug-likeness (QED) is 0.896. The Balaban J connectivity index is 1.85. The molecular formula is C16H19NO2. The summed E-state index contributed by atoms with van der Waals surface area (Å²) < 4.78 is 6.05. The number of benzene rings is 2. The Morgan fingerprint density at radius 3 is 2.79 bits per heavy atom. The number of ether oxygens (including phenoxy) is 1. The molecule has 3 nitrogen and oxygen atoms in total. The number of β-amino-alcohol motifs (C(OH)–C–C–N with tert-alkyl or cyclic N) is 1. The lowest BCUT2D eigenvalue weighted by Gasteiger charge is -2.33. The molecule has 3 heteroatoms. The summed E-state index contributed by atoms with van der Waals surface area (Å²) in [5.74, 6) is 0.867. The van der Waals surface area contributed by atoms with E-state index in [1.807, 2.05) is 31.3 Å². The lowest BCUT2D eigenvalue weighted by molar-refractivity contribution is -0.0175. The first kappa shape index (κ1) is 12.5. The van der Waals surface area contributed by atoms with Gasteiger partial charge in [0, 0.05) is 18.5 Å². The van der Waals surface area contributed by atoms with E-state index in [2.05, 4.69) is 23.1 Å². The van der Waals surface area contributed by atoms with Gasteiger partial charge in [0.1, 0.15) is 18.0 Å². The van der Waals surface area contributed by atoms with Crippen molar-refractivity contribution < 1.29 is 9.84 Å². The molecule has 19 heavy (non-hydrogen) atoms. The second-order valence-electron chi connectivity index (χ2n) is 5.25. The minimum absolute atomic E-state index is 0.109. The van der Waals surface area contributed by atoms with Gasteiger partial charge in [-0.3, -0.25) is 0 Å². The molecule has 1 fully saturated rings. The molecule has 0 aromatic heterocycles. The zero-order valence-electron chi connectivity index (χ0n) is 11.1. The van der Waals surface area contributed by atoms with E-state index < -0.39 is 6.10 Å². The lowest BCUT2D eigenvalue weighted by atomic mass is 10.0. The van der Waals surface area contributed by atoms with Gasteiger partial charge in [-0.15, -0.1) is 0 Å². The van der Waals surface area contributed by atoms with Crippen LogP contribution >= 0.6 is 0 Å². The minimum atomic E-state index is -0.419. The molecule has 2 atom stereocenters. The van der Waals surface area contributed by atoms with E-state index >= 15 is 0 Å². The van der Waals surface area contributed by atoms with Crippen LogP contribution in [0.4, 0.5) is 0 Å². The summed E-state index contributed by atoms with van der Waals surface area (Å²) in [4.78, 5) is 2.13. The number of likely N-dealkylation sites (N-methyl/N-ethyl adjacent to an activating group) is 1. The highest BCUT2D eigenvalue weighted by atomic mass is 16.5. The third-order valence-electron chi connectivity index (χ3n) is 3.75. The summed E-state index contributed by atoms with van der Waals surface area (Å²) in [6, 6.07) is 14.2. The smallest absolute Gasteiger partial charge is 0.127 e. The topological polar surface area (TPSA) is 32.7 Å². The fraction of sp³-hybridized carbons (Fsp3) is 0.375. The van der Waals surface area contributed by atoms with Gasteiger partial charge in [-0.25, -0.2) is 0 Å². The van der Waals surface area contributed by atoms with Crippen LogP contribution in [0.15, 0.2) is 42.5 Å². The van der Waals surface area contributed by atoms with E-state index in [0.717, 1.165) is 24.1 Å². The third-order valence-corrected chi connectivity index (χ3v) is 3.75. The summed E-state index contributed by atoms with van der Waals surface area (Å²) in [6.07, 6.45) is 0.334. The number of hydrogen-bond acceptors (Lipinski definition) is 3. The molecule has 0 spiro atoms. The molecule has 100 valence electrons. The predicted octanol–water partition coefficient (Wildman–Crippen LogP) is 2.28. The van der Waals surface area contributed by atoms with Gasteiger partial charge < -0.3 is 14.7 Å². The Hall–Kier alpha value is -1.58. The first-order valence-electron chi connectivity index (χ1n) is 6.75. The summed E-state index contributed by atoms with van der Waals surface area (Å²) in [5, 5.41) is 12.4. The maximum absolute atomic E-state index is 10.1. The zero-order valence-corrected chi connectivity index (χ0v) is 11.1. The monoisotopic (exact) mass is 257 g/mol. The average molecular weight is 257 g/mol. The number of rotatable bonds is 2. The van der Waals surface area contributed by atoms with Crippen molar-refractivity contribution in [3.05, 3.63) is 42.5 Å². The number of likely N-dealkylation sites (tertiary alicyclic amines) is 1. The van der Waals surface area contributed by atoms with Crippen LogP contribution < -0.4 is 4.74 Å². The minimum Gasteiger partial charge on any atom is -0.487 e. The van der Waals surface area contributed by atoms with Crippen molar-refractivity contribution in [2.24, 2.45) is 0 Å². The third kappa shape index (κ3) is 2.57. The fourth-order valence-electron chi connectivity index (χ4n) is 2.67. The Morgan fingerprint density at radius 1 is 1.16 bits per heavy atom. The van der Waals surface area contributed by atoms with Crippen molar-refractivity contribution in [2.75, 3.05) is 20.1 Å². The lowest BCUT2D eigenvalue weighted by Crippen LogP contribution is -2.47. The van der Waals surface area contributed by atoms with Gasteiger partial charge in [0.25, 0.3) is 0 Å². The van der Waals surface area contributed by atoms with Crippen LogP contribution in [-0.2, 0) is 0 Å². The Kier molecular flexibility index (Phi) is 3.40. The van der Waals surface area contributed by atoms with Crippen LogP contribution in [0.3, 0.4) is 0 Å². The van der Waals surface area contributed by atoms with E-state index in [-0.39, 0.29) is 6.10 Å². The van der Waals surface area contributed by atoms with Crippen LogP contribution in [-0.4, -0.2) is 42.4 Å². The van der Waals surface area contributed by atoms with Crippen molar-refractivity contribution in [2.45, 2.75) is 18.6 Å². The molecule has 3 rings (SSSR count). The number of aliphatic hydroxyl groups excluding tert-OH is 1. The highest BCUT2D eigenvalue weighted by Crippen LogP contribution is 2.27. The zero-order chi connectivity index (χ0) is 13.2. The van der Waals surface area contributed by atoms with Crippen LogP contribution in [0.25, 0.3) is 10.8 Å². The Morgan fingerprint density at radius 2 is 1.95 bits per heavy atom. The standard InChI is InChI=1S/C16H19NO2/c1-17-10-9-16(14(18)11-17)19-15-8-4-6-12-5-2-3-7-13(12)15/h2-8,14,16,18H,9-11H2,1H3. The van der Waals surface area contributed by atoms with Gasteiger partial charge in [0.05, 0.1) is 0 Å². The molecule has 2 aromatic rings. The van der Waals surface area contributed by atoms with Crippen molar-refractivity contribution in [1.29, 1.82) is 0 Å². The normalized spacial score (nSPS) is 24.5. The number of hydrogen-bond donors (Lipinski definition) is 1. The molecule has 0 radical (unpaired) electrons. The number of aliphatic hydroxyl groups is 1. The van der Waals surface area contributed by atoms with E-state index in [0.29, 0.717) is 6.54 Å². The number of fused-ring (bicyclic) bond motifs is 1. The molecule has 2 aromatic carbocycles. The van der Waals surface area contributed by atoms with Gasteiger partial charge in [0.15, 0.2) is 0 Å². The van der Waals surface area contributed by atoms with Gasteiger partial charge in [-0.1, -0.05) is 36.4 Å². The first-order valence-corrected chi connectivity index (χ1v) is 6.75.